The van der Waals surface area contributed by atoms with Gasteiger partial charge in [-0.3, -0.25) is 0 Å². The van der Waals surface area contributed by atoms with Crippen molar-refractivity contribution in [3.05, 3.63) is 36.2 Å². The minimum atomic E-state index is -4.76. The largest absolute Gasteiger partial charge is 0.573 e. The predicted octanol–water partition coefficient (Wildman–Crippen LogP) is 3.85. The summed E-state index contributed by atoms with van der Waals surface area (Å²) in [5.41, 5.74) is 3.15. The third-order valence-electron chi connectivity index (χ3n) is 3.53. The van der Waals surface area contributed by atoms with Crippen LogP contribution in [0.4, 0.5) is 13.2 Å². The van der Waals surface area contributed by atoms with Gasteiger partial charge in [0, 0.05) is 24.9 Å². The molecule has 3 aromatic rings. The molecule has 0 bridgehead atoms. The van der Waals surface area contributed by atoms with Gasteiger partial charge < -0.3 is 14.0 Å². The van der Waals surface area contributed by atoms with E-state index in [0.29, 0.717) is 22.6 Å². The summed E-state index contributed by atoms with van der Waals surface area (Å²) in [5.74, 6) is -0.128. The Bertz CT molecular complexity index is 903. The van der Waals surface area contributed by atoms with Crippen LogP contribution in [0.3, 0.4) is 0 Å². The lowest BCUT2D eigenvalue weighted by atomic mass is 10.1. The molecule has 0 N–H and O–H groups in total. The zero-order valence-electron chi connectivity index (χ0n) is 13.2. The molecular weight excluding hydrogens is 323 g/mol. The van der Waals surface area contributed by atoms with E-state index in [2.05, 4.69) is 14.7 Å². The molecule has 0 atom stereocenters. The molecule has 126 valence electrons. The minimum Gasteiger partial charge on any atom is -0.496 e. The summed E-state index contributed by atoms with van der Waals surface area (Å²) >= 11 is 0. The first kappa shape index (κ1) is 16.1. The van der Waals surface area contributed by atoms with Gasteiger partial charge in [0.05, 0.1) is 18.5 Å². The quantitative estimate of drug-likeness (QED) is 0.728. The van der Waals surface area contributed by atoms with Crippen LogP contribution in [-0.4, -0.2) is 28.0 Å². The fourth-order valence-corrected chi connectivity index (χ4v) is 2.47. The molecule has 0 aliphatic carbocycles. The molecule has 0 spiro atoms. The molecule has 0 fully saturated rings. The van der Waals surface area contributed by atoms with Crippen LogP contribution >= 0.6 is 0 Å². The molecule has 2 aromatic heterocycles. The van der Waals surface area contributed by atoms with Crippen LogP contribution in [0.15, 0.2) is 30.5 Å². The number of halogens is 3. The predicted molar refractivity (Wildman–Crippen MR) is 81.9 cm³/mol. The highest BCUT2D eigenvalue weighted by Crippen LogP contribution is 2.35. The van der Waals surface area contributed by atoms with E-state index >= 15 is 0 Å². The molecule has 1 aromatic carbocycles. The average molecular weight is 337 g/mol. The highest BCUT2D eigenvalue weighted by atomic mass is 19.4. The Kier molecular flexibility index (Phi) is 3.82. The third-order valence-corrected chi connectivity index (χ3v) is 3.53. The number of fused-ring (bicyclic) bond motifs is 1. The Morgan fingerprint density at radius 3 is 2.54 bits per heavy atom. The standard InChI is InChI=1S/C16H14F3N3O2/c1-9-14(21-15-12(20-9)6-7-22(15)2)11-5-4-10(8-13(11)23-3)24-16(17,18)19/h4-8H,1-3H3. The van der Waals surface area contributed by atoms with Crippen molar-refractivity contribution in [2.24, 2.45) is 7.05 Å². The second-order valence-corrected chi connectivity index (χ2v) is 5.20. The fraction of sp³-hybridized carbons (Fsp3) is 0.250. The number of nitrogens with zero attached hydrogens (tertiary/aromatic N) is 3. The van der Waals surface area contributed by atoms with E-state index in [-0.39, 0.29) is 11.5 Å². The Morgan fingerprint density at radius 1 is 1.12 bits per heavy atom. The number of aryl methyl sites for hydroxylation is 2. The van der Waals surface area contributed by atoms with Gasteiger partial charge in [-0.15, -0.1) is 13.2 Å². The SMILES string of the molecule is COc1cc(OC(F)(F)F)ccc1-c1nc2c(ccn2C)nc1C. The molecule has 0 saturated carbocycles. The second kappa shape index (κ2) is 5.70. The first-order chi connectivity index (χ1) is 11.3. The number of hydrogen-bond donors (Lipinski definition) is 0. The second-order valence-electron chi connectivity index (χ2n) is 5.20. The van der Waals surface area contributed by atoms with Gasteiger partial charge in [0.1, 0.15) is 17.0 Å². The summed E-state index contributed by atoms with van der Waals surface area (Å²) in [5, 5.41) is 0. The molecule has 8 heteroatoms. The zero-order valence-corrected chi connectivity index (χ0v) is 13.2. The van der Waals surface area contributed by atoms with Crippen LogP contribution < -0.4 is 9.47 Å². The van der Waals surface area contributed by atoms with E-state index in [0.717, 1.165) is 5.52 Å². The molecule has 0 aliphatic heterocycles. The molecule has 3 rings (SSSR count). The Balaban J connectivity index is 2.11. The van der Waals surface area contributed by atoms with Gasteiger partial charge in [0.25, 0.3) is 0 Å². The van der Waals surface area contributed by atoms with Crippen LogP contribution in [0.25, 0.3) is 22.4 Å². The zero-order chi connectivity index (χ0) is 17.5. The fourth-order valence-electron chi connectivity index (χ4n) is 2.47. The number of benzene rings is 1. The van der Waals surface area contributed by atoms with Crippen LogP contribution in [-0.2, 0) is 7.05 Å². The van der Waals surface area contributed by atoms with E-state index in [4.69, 9.17) is 4.74 Å². The van der Waals surface area contributed by atoms with Gasteiger partial charge >= 0.3 is 6.36 Å². The summed E-state index contributed by atoms with van der Waals surface area (Å²) < 4.78 is 48.0. The third kappa shape index (κ3) is 2.99. The van der Waals surface area contributed by atoms with Crippen LogP contribution in [0.1, 0.15) is 5.69 Å². The number of hydrogen-bond acceptors (Lipinski definition) is 4. The Labute approximate surface area is 135 Å². The Morgan fingerprint density at radius 2 is 1.88 bits per heavy atom. The van der Waals surface area contributed by atoms with Gasteiger partial charge in [-0.2, -0.15) is 0 Å². The topological polar surface area (TPSA) is 49.2 Å². The van der Waals surface area contributed by atoms with Crippen molar-refractivity contribution < 1.29 is 22.6 Å². The molecule has 5 nitrogen and oxygen atoms in total. The number of ether oxygens (including phenoxy) is 2. The van der Waals surface area contributed by atoms with Crippen LogP contribution in [0.2, 0.25) is 0 Å². The number of aromatic nitrogens is 3. The van der Waals surface area contributed by atoms with Crippen LogP contribution in [0, 0.1) is 6.92 Å². The summed E-state index contributed by atoms with van der Waals surface area (Å²) in [7, 11) is 3.22. The molecule has 0 radical (unpaired) electrons. The summed E-state index contributed by atoms with van der Waals surface area (Å²) in [4.78, 5) is 9.05. The normalized spacial score (nSPS) is 11.8. The molecule has 24 heavy (non-hydrogen) atoms. The van der Waals surface area contributed by atoms with Gasteiger partial charge in [-0.05, 0) is 25.1 Å². The van der Waals surface area contributed by atoms with Crippen molar-refractivity contribution in [2.75, 3.05) is 7.11 Å². The number of alkyl halides is 3. The van der Waals surface area contributed by atoms with Gasteiger partial charge in [0.15, 0.2) is 5.65 Å². The van der Waals surface area contributed by atoms with Gasteiger partial charge in [-0.1, -0.05) is 0 Å². The van der Waals surface area contributed by atoms with Crippen molar-refractivity contribution in [3.8, 4) is 22.8 Å². The van der Waals surface area contributed by atoms with Crippen molar-refractivity contribution in [1.82, 2.24) is 14.5 Å². The highest BCUT2D eigenvalue weighted by Gasteiger charge is 2.31. The minimum absolute atomic E-state index is 0.225. The van der Waals surface area contributed by atoms with E-state index in [9.17, 15) is 13.2 Å². The first-order valence-corrected chi connectivity index (χ1v) is 7.02. The molecule has 2 heterocycles. The van der Waals surface area contributed by atoms with Crippen molar-refractivity contribution in [1.29, 1.82) is 0 Å². The monoisotopic (exact) mass is 337 g/mol. The first-order valence-electron chi connectivity index (χ1n) is 7.02. The van der Waals surface area contributed by atoms with Crippen molar-refractivity contribution in [3.63, 3.8) is 0 Å². The summed E-state index contributed by atoms with van der Waals surface area (Å²) in [6.07, 6.45) is -2.92. The highest BCUT2D eigenvalue weighted by molar-refractivity contribution is 5.78. The molecule has 0 amide bonds. The maximum atomic E-state index is 12.4. The summed E-state index contributed by atoms with van der Waals surface area (Å²) in [6, 6.07) is 5.73. The number of rotatable bonds is 3. The number of methoxy groups -OCH3 is 1. The van der Waals surface area contributed by atoms with Crippen molar-refractivity contribution >= 4 is 11.2 Å². The van der Waals surface area contributed by atoms with Crippen molar-refractivity contribution in [2.45, 2.75) is 13.3 Å². The molecule has 0 unspecified atom stereocenters. The molecule has 0 saturated heterocycles. The van der Waals surface area contributed by atoms with Gasteiger partial charge in [-0.25, -0.2) is 9.97 Å². The smallest absolute Gasteiger partial charge is 0.496 e. The van der Waals surface area contributed by atoms with E-state index in [1.165, 1.54) is 25.3 Å². The van der Waals surface area contributed by atoms with E-state index < -0.39 is 6.36 Å². The van der Waals surface area contributed by atoms with Gasteiger partial charge in [0.2, 0.25) is 0 Å². The molecule has 0 aliphatic rings. The summed E-state index contributed by atoms with van der Waals surface area (Å²) in [6.45, 7) is 1.79. The maximum absolute atomic E-state index is 12.4. The molecular formula is C16H14F3N3O2. The lowest BCUT2D eigenvalue weighted by molar-refractivity contribution is -0.274. The lowest BCUT2D eigenvalue weighted by Crippen LogP contribution is -2.17. The lowest BCUT2D eigenvalue weighted by Gasteiger charge is -2.14. The average Bonchev–Trinajstić information content (AvgIpc) is 2.85. The van der Waals surface area contributed by atoms with Crippen LogP contribution in [0.5, 0.6) is 11.5 Å². The van der Waals surface area contributed by atoms with E-state index in [1.807, 2.05) is 23.9 Å². The Hall–Kier alpha value is -2.77. The maximum Gasteiger partial charge on any atom is 0.573 e. The van der Waals surface area contributed by atoms with E-state index in [1.54, 1.807) is 6.92 Å².